The quantitative estimate of drug-likeness (QED) is 0.895. The second kappa shape index (κ2) is 5.91. The normalized spacial score (nSPS) is 29.0. The number of halogens is 1. The van der Waals surface area contributed by atoms with E-state index in [1.54, 1.807) is 13.0 Å². The summed E-state index contributed by atoms with van der Waals surface area (Å²) >= 11 is 0. The summed E-state index contributed by atoms with van der Waals surface area (Å²) in [6.45, 7) is 6.34. The maximum atomic E-state index is 13.8. The average Bonchev–Trinajstić information content (AvgIpc) is 2.33. The van der Waals surface area contributed by atoms with Gasteiger partial charge in [-0.15, -0.1) is 0 Å². The highest BCUT2D eigenvalue weighted by Crippen LogP contribution is 2.34. The molecule has 0 amide bonds. The molecule has 0 heterocycles. The first-order valence-corrected chi connectivity index (χ1v) is 7.19. The van der Waals surface area contributed by atoms with Gasteiger partial charge in [0.25, 0.3) is 0 Å². The number of hydrogen-bond acceptors (Lipinski definition) is 2. The van der Waals surface area contributed by atoms with Gasteiger partial charge in [0, 0.05) is 11.6 Å². The summed E-state index contributed by atoms with van der Waals surface area (Å²) in [6.07, 6.45) is 3.44. The van der Waals surface area contributed by atoms with Crippen LogP contribution in [0.25, 0.3) is 0 Å². The van der Waals surface area contributed by atoms with Gasteiger partial charge in [-0.05, 0) is 50.2 Å². The van der Waals surface area contributed by atoms with Crippen LogP contribution in [-0.2, 0) is 0 Å². The predicted octanol–water partition coefficient (Wildman–Crippen LogP) is 4.05. The fraction of sp³-hybridized carbons (Fsp3) is 0.625. The number of rotatable bonds is 3. The first-order valence-electron chi connectivity index (χ1n) is 7.19. The molecule has 1 aromatic carbocycles. The van der Waals surface area contributed by atoms with E-state index in [1.165, 1.54) is 12.5 Å². The van der Waals surface area contributed by atoms with Gasteiger partial charge in [0.15, 0.2) is 0 Å². The SMILES string of the molecule is CC1CCC(Oc2cccc(F)c2[C@@H](C)N)CC1C. The van der Waals surface area contributed by atoms with E-state index in [0.29, 0.717) is 17.2 Å². The van der Waals surface area contributed by atoms with Gasteiger partial charge < -0.3 is 10.5 Å². The number of hydrogen-bond donors (Lipinski definition) is 1. The van der Waals surface area contributed by atoms with Crippen LogP contribution in [0.1, 0.15) is 51.6 Å². The molecule has 19 heavy (non-hydrogen) atoms. The molecule has 0 aliphatic heterocycles. The highest BCUT2D eigenvalue weighted by atomic mass is 19.1. The van der Waals surface area contributed by atoms with Gasteiger partial charge in [-0.3, -0.25) is 0 Å². The van der Waals surface area contributed by atoms with E-state index in [2.05, 4.69) is 13.8 Å². The summed E-state index contributed by atoms with van der Waals surface area (Å²) in [6, 6.07) is 4.60. The van der Waals surface area contributed by atoms with E-state index < -0.39 is 0 Å². The van der Waals surface area contributed by atoms with Crippen molar-refractivity contribution in [2.24, 2.45) is 17.6 Å². The van der Waals surface area contributed by atoms with Crippen LogP contribution < -0.4 is 10.5 Å². The van der Waals surface area contributed by atoms with Crippen molar-refractivity contribution in [1.82, 2.24) is 0 Å². The fourth-order valence-corrected chi connectivity index (χ4v) is 2.85. The van der Waals surface area contributed by atoms with Crippen molar-refractivity contribution in [2.45, 2.75) is 52.2 Å². The van der Waals surface area contributed by atoms with Crippen molar-refractivity contribution >= 4 is 0 Å². The second-order valence-electron chi connectivity index (χ2n) is 5.95. The van der Waals surface area contributed by atoms with Crippen molar-refractivity contribution in [3.63, 3.8) is 0 Å². The van der Waals surface area contributed by atoms with Crippen molar-refractivity contribution in [2.75, 3.05) is 0 Å². The lowest BCUT2D eigenvalue weighted by Gasteiger charge is -2.33. The predicted molar refractivity (Wildman–Crippen MR) is 75.6 cm³/mol. The smallest absolute Gasteiger partial charge is 0.131 e. The largest absolute Gasteiger partial charge is 0.490 e. The van der Waals surface area contributed by atoms with E-state index in [1.807, 2.05) is 6.07 Å². The third-order valence-electron chi connectivity index (χ3n) is 4.31. The van der Waals surface area contributed by atoms with Gasteiger partial charge in [0.1, 0.15) is 11.6 Å². The van der Waals surface area contributed by atoms with Gasteiger partial charge in [0.05, 0.1) is 6.10 Å². The van der Waals surface area contributed by atoms with E-state index in [-0.39, 0.29) is 18.0 Å². The highest BCUT2D eigenvalue weighted by molar-refractivity contribution is 5.37. The van der Waals surface area contributed by atoms with Crippen LogP contribution in [0.2, 0.25) is 0 Å². The van der Waals surface area contributed by atoms with Gasteiger partial charge in [-0.25, -0.2) is 4.39 Å². The Morgan fingerprint density at radius 3 is 2.63 bits per heavy atom. The zero-order chi connectivity index (χ0) is 14.0. The van der Waals surface area contributed by atoms with E-state index >= 15 is 0 Å². The Bertz CT molecular complexity index is 433. The molecule has 2 nitrogen and oxygen atoms in total. The van der Waals surface area contributed by atoms with E-state index in [9.17, 15) is 4.39 Å². The van der Waals surface area contributed by atoms with Crippen LogP contribution in [0.5, 0.6) is 5.75 Å². The standard InChI is InChI=1S/C16H24FNO/c1-10-7-8-13(9-11(10)2)19-15-6-4-5-14(17)16(15)12(3)18/h4-6,10-13H,7-9,18H2,1-3H3/t10?,11?,12-,13?/m1/s1. The molecule has 3 unspecified atom stereocenters. The maximum Gasteiger partial charge on any atom is 0.131 e. The molecule has 2 rings (SSSR count). The minimum atomic E-state index is -0.351. The molecular formula is C16H24FNO. The van der Waals surface area contributed by atoms with Crippen molar-refractivity contribution < 1.29 is 9.13 Å². The van der Waals surface area contributed by atoms with Crippen LogP contribution in [-0.4, -0.2) is 6.10 Å². The molecule has 1 fully saturated rings. The zero-order valence-corrected chi connectivity index (χ0v) is 12.0. The lowest BCUT2D eigenvalue weighted by molar-refractivity contribution is 0.0990. The Morgan fingerprint density at radius 2 is 2.00 bits per heavy atom. The van der Waals surface area contributed by atoms with Crippen LogP contribution in [0.3, 0.4) is 0 Å². The van der Waals surface area contributed by atoms with Crippen LogP contribution in [0.15, 0.2) is 18.2 Å². The third-order valence-corrected chi connectivity index (χ3v) is 4.31. The summed E-state index contributed by atoms with van der Waals surface area (Å²) in [5, 5.41) is 0. The lowest BCUT2D eigenvalue weighted by atomic mass is 9.80. The Balaban J connectivity index is 2.13. The molecule has 1 saturated carbocycles. The summed E-state index contributed by atoms with van der Waals surface area (Å²) in [5.74, 6) is 1.75. The highest BCUT2D eigenvalue weighted by Gasteiger charge is 2.26. The zero-order valence-electron chi connectivity index (χ0n) is 12.0. The minimum absolute atomic E-state index is 0.186. The molecule has 1 aromatic rings. The molecule has 0 saturated heterocycles. The Kier molecular flexibility index (Phi) is 4.46. The molecule has 0 aromatic heterocycles. The summed E-state index contributed by atoms with van der Waals surface area (Å²) < 4.78 is 19.9. The van der Waals surface area contributed by atoms with Crippen LogP contribution in [0, 0.1) is 17.7 Å². The van der Waals surface area contributed by atoms with Gasteiger partial charge in [0.2, 0.25) is 0 Å². The number of nitrogens with two attached hydrogens (primary N) is 1. The maximum absolute atomic E-state index is 13.8. The summed E-state index contributed by atoms with van der Waals surface area (Å²) in [5.41, 5.74) is 6.34. The van der Waals surface area contributed by atoms with Crippen molar-refractivity contribution in [3.05, 3.63) is 29.6 Å². The molecule has 1 aliphatic rings. The number of ether oxygens (including phenoxy) is 1. The minimum Gasteiger partial charge on any atom is -0.490 e. The van der Waals surface area contributed by atoms with Gasteiger partial charge in [-0.1, -0.05) is 19.9 Å². The molecule has 0 radical (unpaired) electrons. The molecule has 0 spiro atoms. The molecule has 2 N–H and O–H groups in total. The first-order chi connectivity index (χ1) is 8.99. The molecule has 3 heteroatoms. The average molecular weight is 265 g/mol. The van der Waals surface area contributed by atoms with Crippen molar-refractivity contribution in [1.29, 1.82) is 0 Å². The Morgan fingerprint density at radius 1 is 1.26 bits per heavy atom. The Labute approximate surface area is 115 Å². The fourth-order valence-electron chi connectivity index (χ4n) is 2.85. The van der Waals surface area contributed by atoms with Crippen LogP contribution in [0.4, 0.5) is 4.39 Å². The summed E-state index contributed by atoms with van der Waals surface area (Å²) in [4.78, 5) is 0. The molecule has 0 bridgehead atoms. The topological polar surface area (TPSA) is 35.2 Å². The summed E-state index contributed by atoms with van der Waals surface area (Å²) in [7, 11) is 0. The van der Waals surface area contributed by atoms with Gasteiger partial charge >= 0.3 is 0 Å². The van der Waals surface area contributed by atoms with Gasteiger partial charge in [-0.2, -0.15) is 0 Å². The molecule has 106 valence electrons. The van der Waals surface area contributed by atoms with Crippen molar-refractivity contribution in [3.8, 4) is 5.75 Å². The molecule has 1 aliphatic carbocycles. The monoisotopic (exact) mass is 265 g/mol. The third kappa shape index (κ3) is 3.27. The second-order valence-corrected chi connectivity index (χ2v) is 5.95. The van der Waals surface area contributed by atoms with Crippen LogP contribution >= 0.6 is 0 Å². The first kappa shape index (κ1) is 14.3. The van der Waals surface area contributed by atoms with E-state index in [4.69, 9.17) is 10.5 Å². The molecule has 4 atom stereocenters. The number of benzene rings is 1. The van der Waals surface area contributed by atoms with E-state index in [0.717, 1.165) is 18.8 Å². The molecular weight excluding hydrogens is 241 g/mol. The lowest BCUT2D eigenvalue weighted by Crippen LogP contribution is -2.29. The Hall–Kier alpha value is -1.09.